The van der Waals surface area contributed by atoms with Crippen molar-refractivity contribution in [3.63, 3.8) is 0 Å². The maximum absolute atomic E-state index is 11.9. The highest BCUT2D eigenvalue weighted by atomic mass is 35.5. The number of hydrogen-bond acceptors (Lipinski definition) is 6. The van der Waals surface area contributed by atoms with Gasteiger partial charge in [0, 0.05) is 12.6 Å². The van der Waals surface area contributed by atoms with E-state index in [1.807, 2.05) is 6.92 Å². The molecule has 1 aromatic rings. The summed E-state index contributed by atoms with van der Waals surface area (Å²) in [4.78, 5) is 34.9. The summed E-state index contributed by atoms with van der Waals surface area (Å²) in [5, 5.41) is 4.79. The first kappa shape index (κ1) is 22.3. The molecule has 0 saturated carbocycles. The molecule has 0 unspecified atom stereocenters. The first-order chi connectivity index (χ1) is 12.8. The van der Waals surface area contributed by atoms with Crippen molar-refractivity contribution in [1.82, 2.24) is 10.6 Å². The zero-order chi connectivity index (χ0) is 20.4. The van der Waals surface area contributed by atoms with Gasteiger partial charge in [-0.2, -0.15) is 0 Å². The zero-order valence-corrected chi connectivity index (χ0v) is 16.4. The van der Waals surface area contributed by atoms with Crippen LogP contribution in [0.1, 0.15) is 26.3 Å². The van der Waals surface area contributed by atoms with Gasteiger partial charge in [-0.1, -0.05) is 11.6 Å². The largest absolute Gasteiger partial charge is 0.491 e. The Hall–Kier alpha value is -2.74. The van der Waals surface area contributed by atoms with E-state index in [0.717, 1.165) is 6.08 Å². The van der Waals surface area contributed by atoms with Gasteiger partial charge in [0.1, 0.15) is 0 Å². The van der Waals surface area contributed by atoms with Gasteiger partial charge in [-0.15, -0.1) is 0 Å². The molecule has 1 aromatic carbocycles. The van der Waals surface area contributed by atoms with Gasteiger partial charge in [0.25, 0.3) is 5.91 Å². The normalized spacial score (nSPS) is 11.6. The fourth-order valence-corrected chi connectivity index (χ4v) is 2.29. The number of methoxy groups -OCH3 is 1. The second-order valence-electron chi connectivity index (χ2n) is 5.23. The lowest BCUT2D eigenvalue weighted by Gasteiger charge is -2.12. The number of nitrogens with one attached hydrogen (secondary N) is 2. The number of ether oxygens (including phenoxy) is 3. The van der Waals surface area contributed by atoms with E-state index in [9.17, 15) is 14.4 Å². The Morgan fingerprint density at radius 1 is 1.26 bits per heavy atom. The average molecular weight is 399 g/mol. The van der Waals surface area contributed by atoms with Crippen molar-refractivity contribution in [2.75, 3.05) is 20.3 Å². The third kappa shape index (κ3) is 7.18. The molecule has 3 amide bonds. The average Bonchev–Trinajstić information content (AvgIpc) is 2.60. The second-order valence-corrected chi connectivity index (χ2v) is 5.64. The maximum Gasteiger partial charge on any atom is 0.331 e. The van der Waals surface area contributed by atoms with Crippen molar-refractivity contribution in [2.24, 2.45) is 0 Å². The van der Waals surface area contributed by atoms with Crippen LogP contribution in [0, 0.1) is 0 Å². The molecule has 0 aliphatic carbocycles. The van der Waals surface area contributed by atoms with Crippen molar-refractivity contribution in [3.8, 4) is 11.5 Å². The summed E-state index contributed by atoms with van der Waals surface area (Å²) in [7, 11) is 1.48. The Kier molecular flexibility index (Phi) is 9.15. The molecule has 0 saturated heterocycles. The summed E-state index contributed by atoms with van der Waals surface area (Å²) in [5.41, 5.74) is 0.584. The van der Waals surface area contributed by atoms with E-state index in [2.05, 4.69) is 10.6 Å². The van der Waals surface area contributed by atoms with Crippen LogP contribution in [0.15, 0.2) is 18.2 Å². The molecule has 0 aromatic heterocycles. The highest BCUT2D eigenvalue weighted by Crippen LogP contribution is 2.36. The molecule has 1 atom stereocenters. The first-order valence-corrected chi connectivity index (χ1v) is 8.67. The molecule has 0 fully saturated rings. The standard InChI is InChI=1S/C18H23ClN2O6/c1-5-20-18(24)21-17(23)11(3)27-15(22)8-7-12-9-13(19)16(25-4)14(10-12)26-6-2/h7-11H,5-6H2,1-4H3,(H2,20,21,23,24)/b8-7+/t11-/m0/s1. The van der Waals surface area contributed by atoms with Crippen LogP contribution in [0.3, 0.4) is 0 Å². The summed E-state index contributed by atoms with van der Waals surface area (Å²) < 4.78 is 15.6. The van der Waals surface area contributed by atoms with Crippen molar-refractivity contribution in [2.45, 2.75) is 26.9 Å². The Bertz CT molecular complexity index is 720. The topological polar surface area (TPSA) is 103 Å². The molecule has 8 nitrogen and oxygen atoms in total. The zero-order valence-electron chi connectivity index (χ0n) is 15.6. The lowest BCUT2D eigenvalue weighted by atomic mass is 10.2. The molecule has 1 rings (SSSR count). The van der Waals surface area contributed by atoms with Crippen LogP contribution in [0.25, 0.3) is 6.08 Å². The van der Waals surface area contributed by atoms with E-state index < -0.39 is 24.0 Å². The van der Waals surface area contributed by atoms with Crippen molar-refractivity contribution in [3.05, 3.63) is 28.8 Å². The second kappa shape index (κ2) is 11.1. The summed E-state index contributed by atoms with van der Waals surface area (Å²) in [6.45, 7) is 5.67. The quantitative estimate of drug-likeness (QED) is 0.515. The third-order valence-electron chi connectivity index (χ3n) is 3.18. The molecular weight excluding hydrogens is 376 g/mol. The molecule has 0 spiro atoms. The van der Waals surface area contributed by atoms with E-state index >= 15 is 0 Å². The molecule has 0 radical (unpaired) electrons. The molecule has 0 bridgehead atoms. The summed E-state index contributed by atoms with van der Waals surface area (Å²) in [6.07, 6.45) is 1.47. The highest BCUT2D eigenvalue weighted by Gasteiger charge is 2.18. The molecular formula is C18H23ClN2O6. The van der Waals surface area contributed by atoms with Crippen molar-refractivity contribution in [1.29, 1.82) is 0 Å². The minimum absolute atomic E-state index is 0.325. The van der Waals surface area contributed by atoms with Gasteiger partial charge in [-0.3, -0.25) is 10.1 Å². The van der Waals surface area contributed by atoms with Crippen molar-refractivity contribution < 1.29 is 28.6 Å². The predicted octanol–water partition coefficient (Wildman–Crippen LogP) is 2.54. The van der Waals surface area contributed by atoms with Crippen LogP contribution in [0.4, 0.5) is 4.79 Å². The smallest absolute Gasteiger partial charge is 0.331 e. The fourth-order valence-electron chi connectivity index (χ4n) is 1.99. The third-order valence-corrected chi connectivity index (χ3v) is 3.46. The molecule has 2 N–H and O–H groups in total. The fraction of sp³-hybridized carbons (Fsp3) is 0.389. The monoisotopic (exact) mass is 398 g/mol. The summed E-state index contributed by atoms with van der Waals surface area (Å²) >= 11 is 6.14. The van der Waals surface area contributed by atoms with Crippen LogP contribution in [0.5, 0.6) is 11.5 Å². The summed E-state index contributed by atoms with van der Waals surface area (Å²) in [6, 6.07) is 2.60. The Morgan fingerprint density at radius 3 is 2.56 bits per heavy atom. The van der Waals surface area contributed by atoms with Crippen LogP contribution in [0.2, 0.25) is 5.02 Å². The van der Waals surface area contributed by atoms with Gasteiger partial charge in [0.05, 0.1) is 18.7 Å². The van der Waals surface area contributed by atoms with Gasteiger partial charge < -0.3 is 19.5 Å². The number of carbonyl (C=O) groups excluding carboxylic acids is 3. The number of carbonyl (C=O) groups is 3. The highest BCUT2D eigenvalue weighted by molar-refractivity contribution is 6.32. The number of halogens is 1. The SMILES string of the molecule is CCNC(=O)NC(=O)[C@H](C)OC(=O)/C=C/c1cc(Cl)c(OC)c(OCC)c1. The van der Waals surface area contributed by atoms with E-state index in [4.69, 9.17) is 25.8 Å². The molecule has 9 heteroatoms. The van der Waals surface area contributed by atoms with Crippen molar-refractivity contribution >= 4 is 35.6 Å². The number of imide groups is 1. The Balaban J connectivity index is 2.75. The summed E-state index contributed by atoms with van der Waals surface area (Å²) in [5.74, 6) is -0.642. The Labute approximate surface area is 162 Å². The number of amides is 3. The molecule has 0 heterocycles. The van der Waals surface area contributed by atoms with E-state index in [0.29, 0.717) is 35.2 Å². The van der Waals surface area contributed by atoms with Gasteiger partial charge in [-0.25, -0.2) is 9.59 Å². The lowest BCUT2D eigenvalue weighted by Crippen LogP contribution is -2.44. The van der Waals surface area contributed by atoms with Crippen LogP contribution in [-0.4, -0.2) is 44.3 Å². The maximum atomic E-state index is 11.9. The van der Waals surface area contributed by atoms with E-state index in [1.54, 1.807) is 19.1 Å². The Morgan fingerprint density at radius 2 is 1.96 bits per heavy atom. The van der Waals surface area contributed by atoms with E-state index in [-0.39, 0.29) is 0 Å². The minimum atomic E-state index is -1.14. The van der Waals surface area contributed by atoms with Crippen LogP contribution >= 0.6 is 11.6 Å². The van der Waals surface area contributed by atoms with E-state index in [1.165, 1.54) is 20.1 Å². The predicted molar refractivity (Wildman–Crippen MR) is 101 cm³/mol. The molecule has 27 heavy (non-hydrogen) atoms. The number of esters is 1. The molecule has 0 aliphatic heterocycles. The molecule has 148 valence electrons. The minimum Gasteiger partial charge on any atom is -0.491 e. The lowest BCUT2D eigenvalue weighted by molar-refractivity contribution is -0.149. The number of rotatable bonds is 8. The number of hydrogen-bond donors (Lipinski definition) is 2. The molecule has 0 aliphatic rings. The van der Waals surface area contributed by atoms with Gasteiger partial charge in [0.2, 0.25) is 0 Å². The van der Waals surface area contributed by atoms with Gasteiger partial charge in [0.15, 0.2) is 17.6 Å². The van der Waals surface area contributed by atoms with Gasteiger partial charge >= 0.3 is 12.0 Å². The van der Waals surface area contributed by atoms with Crippen LogP contribution in [-0.2, 0) is 14.3 Å². The first-order valence-electron chi connectivity index (χ1n) is 8.30. The van der Waals surface area contributed by atoms with Gasteiger partial charge in [-0.05, 0) is 44.5 Å². The number of benzene rings is 1. The van der Waals surface area contributed by atoms with Crippen LogP contribution < -0.4 is 20.1 Å². The number of urea groups is 1.